The van der Waals surface area contributed by atoms with E-state index >= 15 is 0 Å². The van der Waals surface area contributed by atoms with E-state index in [2.05, 4.69) is 21.2 Å². The largest absolute Gasteiger partial charge is 0.490 e. The van der Waals surface area contributed by atoms with Crippen LogP contribution in [0.3, 0.4) is 0 Å². The molecule has 9 nitrogen and oxygen atoms in total. The van der Waals surface area contributed by atoms with Crippen molar-refractivity contribution in [2.75, 3.05) is 46.8 Å². The van der Waals surface area contributed by atoms with Crippen LogP contribution >= 0.6 is 15.9 Å². The van der Waals surface area contributed by atoms with Gasteiger partial charge >= 0.3 is 5.97 Å². The standard InChI is InChI=1S/C35H36BrNO8/c1-41-17-18-42-19-20-43-21-22-44-32-16-15-27(36)24-30(32)34(38)37-31(35(39)40)23-25-11-13-26(14-12-25)29-9-5-6-10-33(29)45-28-7-3-2-4-8-28/h2-16,24,31H,17-23H2,1H3,(H,37,38)(H,39,40). The molecular weight excluding hydrogens is 642 g/mol. The predicted octanol–water partition coefficient (Wildman–Crippen LogP) is 6.39. The average molecular weight is 679 g/mol. The fraction of sp³-hybridized carbons (Fsp3) is 0.257. The molecule has 0 fully saturated rings. The molecule has 4 aromatic carbocycles. The fourth-order valence-corrected chi connectivity index (χ4v) is 4.74. The van der Waals surface area contributed by atoms with Gasteiger partial charge in [-0.3, -0.25) is 4.79 Å². The molecule has 4 aromatic rings. The van der Waals surface area contributed by atoms with Gasteiger partial charge in [-0.1, -0.05) is 76.6 Å². The molecule has 0 aliphatic heterocycles. The van der Waals surface area contributed by atoms with Crippen molar-refractivity contribution in [1.82, 2.24) is 5.32 Å². The number of hydrogen-bond acceptors (Lipinski definition) is 7. The van der Waals surface area contributed by atoms with E-state index in [0.717, 1.165) is 22.4 Å². The number of aliphatic carboxylic acids is 1. The molecule has 0 heterocycles. The number of halogens is 1. The van der Waals surface area contributed by atoms with E-state index in [9.17, 15) is 14.7 Å². The Morgan fingerprint density at radius 2 is 1.44 bits per heavy atom. The van der Waals surface area contributed by atoms with Crippen molar-refractivity contribution >= 4 is 27.8 Å². The first kappa shape index (κ1) is 33.7. The van der Waals surface area contributed by atoms with Crippen molar-refractivity contribution in [3.63, 3.8) is 0 Å². The van der Waals surface area contributed by atoms with E-state index in [1.54, 1.807) is 25.3 Å². The molecule has 4 rings (SSSR count). The molecule has 0 saturated heterocycles. The summed E-state index contributed by atoms with van der Waals surface area (Å²) < 4.78 is 28.3. The third-order valence-electron chi connectivity index (χ3n) is 6.64. The molecule has 236 valence electrons. The molecule has 1 amide bonds. The number of benzene rings is 4. The van der Waals surface area contributed by atoms with Crippen LogP contribution < -0.4 is 14.8 Å². The molecule has 1 unspecified atom stereocenters. The zero-order chi connectivity index (χ0) is 31.9. The summed E-state index contributed by atoms with van der Waals surface area (Å²) >= 11 is 3.38. The molecule has 45 heavy (non-hydrogen) atoms. The van der Waals surface area contributed by atoms with E-state index in [1.165, 1.54) is 0 Å². The highest BCUT2D eigenvalue weighted by Crippen LogP contribution is 2.33. The number of amides is 1. The second-order valence-electron chi connectivity index (χ2n) is 9.88. The minimum atomic E-state index is -1.16. The number of ether oxygens (including phenoxy) is 5. The quantitative estimate of drug-likeness (QED) is 0.117. The highest BCUT2D eigenvalue weighted by atomic mass is 79.9. The molecule has 0 aromatic heterocycles. The maximum atomic E-state index is 13.3. The van der Waals surface area contributed by atoms with Crippen LogP contribution in [0, 0.1) is 0 Å². The number of carbonyl (C=O) groups is 2. The fourth-order valence-electron chi connectivity index (χ4n) is 4.38. The van der Waals surface area contributed by atoms with E-state index in [1.807, 2.05) is 78.9 Å². The first-order valence-corrected chi connectivity index (χ1v) is 15.3. The van der Waals surface area contributed by atoms with Crippen LogP contribution in [-0.2, 0) is 25.4 Å². The smallest absolute Gasteiger partial charge is 0.326 e. The van der Waals surface area contributed by atoms with Gasteiger partial charge in [-0.25, -0.2) is 4.79 Å². The van der Waals surface area contributed by atoms with E-state index in [0.29, 0.717) is 49.0 Å². The molecule has 0 aliphatic rings. The van der Waals surface area contributed by atoms with Gasteiger partial charge in [-0.15, -0.1) is 0 Å². The maximum absolute atomic E-state index is 13.3. The number of methoxy groups -OCH3 is 1. The van der Waals surface area contributed by atoms with Crippen LogP contribution in [0.4, 0.5) is 0 Å². The second kappa shape index (κ2) is 17.9. The van der Waals surface area contributed by atoms with Crippen molar-refractivity contribution in [2.24, 2.45) is 0 Å². The zero-order valence-electron chi connectivity index (χ0n) is 24.9. The lowest BCUT2D eigenvalue weighted by atomic mass is 9.99. The lowest BCUT2D eigenvalue weighted by Crippen LogP contribution is -2.42. The topological polar surface area (TPSA) is 113 Å². The third-order valence-corrected chi connectivity index (χ3v) is 7.13. The van der Waals surface area contributed by atoms with Gasteiger partial charge in [0.05, 0.1) is 38.6 Å². The van der Waals surface area contributed by atoms with Crippen LogP contribution in [0.5, 0.6) is 17.2 Å². The summed E-state index contributed by atoms with van der Waals surface area (Å²) in [6, 6.07) is 28.6. The van der Waals surface area contributed by atoms with Gasteiger partial charge in [-0.2, -0.15) is 0 Å². The number of para-hydroxylation sites is 2. The Labute approximate surface area is 271 Å². The summed E-state index contributed by atoms with van der Waals surface area (Å²) in [6.45, 7) is 2.35. The van der Waals surface area contributed by atoms with Crippen molar-refractivity contribution in [2.45, 2.75) is 12.5 Å². The highest BCUT2D eigenvalue weighted by Gasteiger charge is 2.23. The normalized spacial score (nSPS) is 11.5. The van der Waals surface area contributed by atoms with Crippen molar-refractivity contribution in [3.8, 4) is 28.4 Å². The van der Waals surface area contributed by atoms with Crippen LogP contribution in [-0.4, -0.2) is 69.8 Å². The Hall–Kier alpha value is -4.22. The van der Waals surface area contributed by atoms with Gasteiger partial charge < -0.3 is 34.1 Å². The molecule has 1 atom stereocenters. The molecule has 0 radical (unpaired) electrons. The summed E-state index contributed by atoms with van der Waals surface area (Å²) in [5.74, 6) is 0.0501. The Morgan fingerprint density at radius 3 is 2.16 bits per heavy atom. The lowest BCUT2D eigenvalue weighted by molar-refractivity contribution is -0.139. The van der Waals surface area contributed by atoms with E-state index < -0.39 is 17.9 Å². The Kier molecular flexibility index (Phi) is 13.4. The van der Waals surface area contributed by atoms with Crippen molar-refractivity contribution < 1.29 is 38.4 Å². The minimum Gasteiger partial charge on any atom is -0.490 e. The van der Waals surface area contributed by atoms with Crippen LogP contribution in [0.2, 0.25) is 0 Å². The third kappa shape index (κ3) is 10.7. The minimum absolute atomic E-state index is 0.0913. The molecule has 2 N–H and O–H groups in total. The van der Waals surface area contributed by atoms with Gasteiger partial charge in [0.1, 0.15) is 29.9 Å². The Balaban J connectivity index is 1.36. The van der Waals surface area contributed by atoms with Gasteiger partial charge in [0.2, 0.25) is 0 Å². The average Bonchev–Trinajstić information content (AvgIpc) is 3.05. The van der Waals surface area contributed by atoms with E-state index in [-0.39, 0.29) is 18.6 Å². The van der Waals surface area contributed by atoms with Crippen molar-refractivity contribution in [1.29, 1.82) is 0 Å². The Morgan fingerprint density at radius 1 is 0.778 bits per heavy atom. The van der Waals surface area contributed by atoms with Crippen LogP contribution in [0.1, 0.15) is 15.9 Å². The summed E-state index contributed by atoms with van der Waals surface area (Å²) in [5, 5.41) is 12.6. The van der Waals surface area contributed by atoms with Crippen LogP contribution in [0.15, 0.2) is 102 Å². The van der Waals surface area contributed by atoms with E-state index in [4.69, 9.17) is 23.7 Å². The van der Waals surface area contributed by atoms with Gasteiger partial charge in [0, 0.05) is 23.6 Å². The second-order valence-corrected chi connectivity index (χ2v) is 10.8. The first-order valence-electron chi connectivity index (χ1n) is 14.5. The molecule has 0 spiro atoms. The number of carboxylic acid groups (broad SMARTS) is 1. The van der Waals surface area contributed by atoms with Gasteiger partial charge in [0.25, 0.3) is 5.91 Å². The van der Waals surface area contributed by atoms with Gasteiger partial charge in [0.15, 0.2) is 0 Å². The maximum Gasteiger partial charge on any atom is 0.326 e. The highest BCUT2D eigenvalue weighted by molar-refractivity contribution is 9.10. The summed E-state index contributed by atoms with van der Waals surface area (Å²) in [7, 11) is 1.61. The molecule has 0 bridgehead atoms. The van der Waals surface area contributed by atoms with Crippen molar-refractivity contribution in [3.05, 3.63) is 113 Å². The number of hydrogen-bond donors (Lipinski definition) is 2. The zero-order valence-corrected chi connectivity index (χ0v) is 26.5. The number of carbonyl (C=O) groups excluding carboxylic acids is 1. The van der Waals surface area contributed by atoms with Gasteiger partial charge in [-0.05, 0) is 47.5 Å². The monoisotopic (exact) mass is 677 g/mol. The number of rotatable bonds is 18. The molecular formula is C35H36BrNO8. The number of nitrogens with one attached hydrogen (secondary N) is 1. The number of carboxylic acids is 1. The molecule has 0 aliphatic carbocycles. The summed E-state index contributed by atoms with van der Waals surface area (Å²) in [5.41, 5.74) is 2.78. The first-order chi connectivity index (χ1) is 21.9. The molecule has 10 heteroatoms. The Bertz CT molecular complexity index is 1510. The summed E-state index contributed by atoms with van der Waals surface area (Å²) in [4.78, 5) is 25.4. The van der Waals surface area contributed by atoms with Crippen LogP contribution in [0.25, 0.3) is 11.1 Å². The summed E-state index contributed by atoms with van der Waals surface area (Å²) in [6.07, 6.45) is 0.0913. The molecule has 0 saturated carbocycles. The predicted molar refractivity (Wildman–Crippen MR) is 174 cm³/mol. The lowest BCUT2D eigenvalue weighted by Gasteiger charge is -2.17. The SMILES string of the molecule is COCCOCCOCCOc1ccc(Br)cc1C(=O)NC(Cc1ccc(-c2ccccc2Oc2ccccc2)cc1)C(=O)O.